The van der Waals surface area contributed by atoms with Gasteiger partial charge in [-0.1, -0.05) is 26.8 Å². The van der Waals surface area contributed by atoms with E-state index in [1.54, 1.807) is 32.9 Å². The van der Waals surface area contributed by atoms with Crippen molar-refractivity contribution in [3.8, 4) is 11.5 Å². The standard InChI is InChI=1S/C29H40O5/c1-18-8-12-22-27(5,6)23-17-29(18,22)15-14-28(23,7)34-24(31)13-10-19-9-11-21(20(30)16-19)33-25(32)26(2,3)4/h9-11,13,16,18,22-23,30H,8,12,14-15,17H2,1-7H3/b13-10+/t18-,22-,23-,28-,29-/m0/s1. The lowest BCUT2D eigenvalue weighted by Crippen LogP contribution is -2.47. The highest BCUT2D eigenvalue weighted by atomic mass is 16.6. The van der Waals surface area contributed by atoms with Crippen molar-refractivity contribution in [2.24, 2.45) is 34.0 Å². The summed E-state index contributed by atoms with van der Waals surface area (Å²) >= 11 is 0. The van der Waals surface area contributed by atoms with Gasteiger partial charge in [-0.15, -0.1) is 0 Å². The van der Waals surface area contributed by atoms with Gasteiger partial charge in [0.25, 0.3) is 0 Å². The highest BCUT2D eigenvalue weighted by Crippen LogP contribution is 2.73. The third-order valence-electron chi connectivity index (χ3n) is 9.31. The second-order valence-corrected chi connectivity index (χ2v) is 12.8. The average molecular weight is 469 g/mol. The van der Waals surface area contributed by atoms with E-state index in [-0.39, 0.29) is 22.9 Å². The number of phenols is 1. The average Bonchev–Trinajstić information content (AvgIpc) is 3.16. The van der Waals surface area contributed by atoms with Gasteiger partial charge >= 0.3 is 11.9 Å². The molecule has 5 atom stereocenters. The molecule has 34 heavy (non-hydrogen) atoms. The maximum atomic E-state index is 12.9. The molecule has 3 fully saturated rings. The van der Waals surface area contributed by atoms with Crippen LogP contribution in [0.1, 0.15) is 86.1 Å². The summed E-state index contributed by atoms with van der Waals surface area (Å²) in [4.78, 5) is 24.9. The zero-order chi connectivity index (χ0) is 25.1. The summed E-state index contributed by atoms with van der Waals surface area (Å²) in [6, 6.07) is 4.71. The number of fused-ring (bicyclic) bond motifs is 1. The van der Waals surface area contributed by atoms with E-state index in [9.17, 15) is 14.7 Å². The summed E-state index contributed by atoms with van der Waals surface area (Å²) in [6.45, 7) is 14.6. The van der Waals surface area contributed by atoms with Crippen molar-refractivity contribution in [1.82, 2.24) is 0 Å². The lowest BCUT2D eigenvalue weighted by atomic mass is 9.64. The van der Waals surface area contributed by atoms with E-state index < -0.39 is 17.0 Å². The Morgan fingerprint density at radius 1 is 1.09 bits per heavy atom. The van der Waals surface area contributed by atoms with E-state index in [2.05, 4.69) is 27.7 Å². The molecule has 186 valence electrons. The first kappa shape index (κ1) is 24.8. The van der Waals surface area contributed by atoms with Crippen LogP contribution in [0.5, 0.6) is 11.5 Å². The molecule has 0 saturated heterocycles. The predicted octanol–water partition coefficient (Wildman–Crippen LogP) is 6.53. The van der Waals surface area contributed by atoms with Crippen LogP contribution in [0, 0.1) is 34.0 Å². The molecule has 0 aromatic heterocycles. The monoisotopic (exact) mass is 468 g/mol. The molecule has 2 bridgehead atoms. The summed E-state index contributed by atoms with van der Waals surface area (Å²) in [5.74, 6) is 0.995. The Bertz CT molecular complexity index is 1020. The number of carbonyl (C=O) groups is 2. The lowest BCUT2D eigenvalue weighted by molar-refractivity contribution is -0.167. The lowest BCUT2D eigenvalue weighted by Gasteiger charge is -2.46. The van der Waals surface area contributed by atoms with E-state index in [0.717, 1.165) is 25.2 Å². The normalized spacial score (nSPS) is 34.1. The zero-order valence-electron chi connectivity index (χ0n) is 21.7. The quantitative estimate of drug-likeness (QED) is 0.309. The molecule has 4 rings (SSSR count). The molecule has 1 aromatic carbocycles. The summed E-state index contributed by atoms with van der Waals surface area (Å²) in [5, 5.41) is 10.3. The first-order valence-electron chi connectivity index (χ1n) is 12.7. The molecular weight excluding hydrogens is 428 g/mol. The second kappa shape index (κ2) is 8.13. The number of carbonyl (C=O) groups excluding carboxylic acids is 2. The Balaban J connectivity index is 1.44. The Morgan fingerprint density at radius 2 is 1.79 bits per heavy atom. The van der Waals surface area contributed by atoms with Crippen molar-refractivity contribution >= 4 is 18.0 Å². The minimum absolute atomic E-state index is 0.103. The van der Waals surface area contributed by atoms with Crippen molar-refractivity contribution in [2.45, 2.75) is 86.2 Å². The molecule has 0 heterocycles. The molecule has 3 saturated carbocycles. The van der Waals surface area contributed by atoms with Gasteiger partial charge in [0.05, 0.1) is 5.41 Å². The molecule has 0 radical (unpaired) electrons. The van der Waals surface area contributed by atoms with Crippen molar-refractivity contribution in [2.75, 3.05) is 0 Å². The highest BCUT2D eigenvalue weighted by Gasteiger charge is 2.68. The van der Waals surface area contributed by atoms with E-state index in [0.29, 0.717) is 22.8 Å². The van der Waals surface area contributed by atoms with Gasteiger partial charge in [-0.3, -0.25) is 4.79 Å². The minimum Gasteiger partial charge on any atom is -0.504 e. The molecular formula is C29H40O5. The number of benzene rings is 1. The SMILES string of the molecule is C[C@H]1CC[C@H]2C(C)(C)[C@@H]3C[C@@]12CC[C@]3(C)OC(=O)/C=C/c1ccc(OC(=O)C(C)(C)C)c(O)c1. The van der Waals surface area contributed by atoms with Crippen LogP contribution < -0.4 is 4.74 Å². The number of phenolic OH excluding ortho intramolecular Hbond substituents is 1. The number of aromatic hydroxyl groups is 1. The Kier molecular flexibility index (Phi) is 5.94. The third-order valence-corrected chi connectivity index (χ3v) is 9.31. The van der Waals surface area contributed by atoms with Crippen molar-refractivity contribution < 1.29 is 24.2 Å². The van der Waals surface area contributed by atoms with Gasteiger partial charge in [-0.25, -0.2) is 4.79 Å². The van der Waals surface area contributed by atoms with Crippen LogP contribution in [-0.2, 0) is 14.3 Å². The van der Waals surface area contributed by atoms with Crippen LogP contribution in [0.15, 0.2) is 24.3 Å². The fourth-order valence-corrected chi connectivity index (χ4v) is 7.39. The van der Waals surface area contributed by atoms with E-state index in [1.807, 2.05) is 0 Å². The van der Waals surface area contributed by atoms with Gasteiger partial charge in [0, 0.05) is 12.0 Å². The molecule has 5 heteroatoms. The summed E-state index contributed by atoms with van der Waals surface area (Å²) in [5.41, 5.74) is 0.0710. The molecule has 0 amide bonds. The van der Waals surface area contributed by atoms with Gasteiger partial charge in [-0.2, -0.15) is 0 Å². The molecule has 1 spiro atoms. The summed E-state index contributed by atoms with van der Waals surface area (Å²) in [6.07, 6.45) is 8.87. The molecule has 1 aromatic rings. The van der Waals surface area contributed by atoms with E-state index in [4.69, 9.17) is 9.47 Å². The van der Waals surface area contributed by atoms with E-state index in [1.165, 1.54) is 31.1 Å². The molecule has 1 N–H and O–H groups in total. The number of esters is 2. The van der Waals surface area contributed by atoms with E-state index >= 15 is 0 Å². The van der Waals surface area contributed by atoms with Gasteiger partial charge < -0.3 is 14.6 Å². The van der Waals surface area contributed by atoms with Crippen molar-refractivity contribution in [3.63, 3.8) is 0 Å². The number of rotatable bonds is 4. The minimum atomic E-state index is -0.672. The topological polar surface area (TPSA) is 72.8 Å². The van der Waals surface area contributed by atoms with Crippen LogP contribution >= 0.6 is 0 Å². The first-order valence-corrected chi connectivity index (χ1v) is 12.7. The van der Waals surface area contributed by atoms with Crippen LogP contribution in [0.3, 0.4) is 0 Å². The van der Waals surface area contributed by atoms with Gasteiger partial charge in [-0.05, 0) is 106 Å². The Morgan fingerprint density at radius 3 is 2.44 bits per heavy atom. The largest absolute Gasteiger partial charge is 0.504 e. The fourth-order valence-electron chi connectivity index (χ4n) is 7.39. The van der Waals surface area contributed by atoms with Gasteiger partial charge in [0.1, 0.15) is 5.60 Å². The maximum Gasteiger partial charge on any atom is 0.331 e. The van der Waals surface area contributed by atoms with Crippen LogP contribution in [0.25, 0.3) is 6.08 Å². The maximum absolute atomic E-state index is 12.9. The van der Waals surface area contributed by atoms with Crippen LogP contribution in [-0.4, -0.2) is 22.6 Å². The van der Waals surface area contributed by atoms with Gasteiger partial charge in [0.2, 0.25) is 0 Å². The number of ether oxygens (including phenoxy) is 2. The smallest absolute Gasteiger partial charge is 0.331 e. The molecule has 0 unspecified atom stereocenters. The fraction of sp³-hybridized carbons (Fsp3) is 0.655. The summed E-state index contributed by atoms with van der Waals surface area (Å²) < 4.78 is 11.4. The number of hydrogen-bond acceptors (Lipinski definition) is 5. The van der Waals surface area contributed by atoms with Crippen molar-refractivity contribution in [3.05, 3.63) is 29.8 Å². The van der Waals surface area contributed by atoms with Crippen LogP contribution in [0.2, 0.25) is 0 Å². The van der Waals surface area contributed by atoms with Crippen LogP contribution in [0.4, 0.5) is 0 Å². The molecule has 3 aliphatic rings. The molecule has 0 aliphatic heterocycles. The zero-order valence-corrected chi connectivity index (χ0v) is 21.7. The second-order valence-electron chi connectivity index (χ2n) is 12.8. The molecule has 3 aliphatic carbocycles. The van der Waals surface area contributed by atoms with Crippen molar-refractivity contribution in [1.29, 1.82) is 0 Å². The predicted molar refractivity (Wildman–Crippen MR) is 132 cm³/mol. The highest BCUT2D eigenvalue weighted by molar-refractivity contribution is 5.87. The Labute approximate surface area is 203 Å². The Hall–Kier alpha value is -2.30. The third kappa shape index (κ3) is 4.05. The summed E-state index contributed by atoms with van der Waals surface area (Å²) in [7, 11) is 0. The molecule has 5 nitrogen and oxygen atoms in total. The first-order chi connectivity index (χ1) is 15.7. The van der Waals surface area contributed by atoms with Gasteiger partial charge in [0.15, 0.2) is 11.5 Å². The number of hydrogen-bond donors (Lipinski definition) is 1.